The number of ether oxygens (including phenoxy) is 2. The highest BCUT2D eigenvalue weighted by molar-refractivity contribution is 14.1. The molecule has 3 rings (SSSR count). The van der Waals surface area contributed by atoms with Crippen LogP contribution in [0.25, 0.3) is 11.5 Å². The number of hydrogen-bond acceptors (Lipinski definition) is 6. The van der Waals surface area contributed by atoms with Crippen LogP contribution >= 0.6 is 38.5 Å². The normalized spacial score (nSPS) is 10.6. The number of methoxy groups -OCH3 is 1. The van der Waals surface area contributed by atoms with Crippen LogP contribution in [0.2, 0.25) is 0 Å². The van der Waals surface area contributed by atoms with E-state index >= 15 is 0 Å². The maximum atomic E-state index is 5.95. The van der Waals surface area contributed by atoms with E-state index in [0.29, 0.717) is 24.0 Å². The molecule has 3 aromatic rings. The van der Waals surface area contributed by atoms with Gasteiger partial charge in [-0.1, -0.05) is 33.2 Å². The Morgan fingerprint density at radius 3 is 2.75 bits per heavy atom. The molecule has 0 amide bonds. The van der Waals surface area contributed by atoms with Crippen LogP contribution in [0.15, 0.2) is 45.3 Å². The first-order valence-electron chi connectivity index (χ1n) is 6.91. The lowest BCUT2D eigenvalue weighted by molar-refractivity contribution is 0.282. The lowest BCUT2D eigenvalue weighted by Crippen LogP contribution is -2.00. The SMILES string of the molecule is COc1cc(-c2nnc(N)o2)cc(I)c1OCc1cccc(Br)c1. The Labute approximate surface area is 160 Å². The maximum Gasteiger partial charge on any atom is 0.313 e. The van der Waals surface area contributed by atoms with Crippen molar-refractivity contribution < 1.29 is 13.9 Å². The van der Waals surface area contributed by atoms with E-state index in [1.807, 2.05) is 30.3 Å². The summed E-state index contributed by atoms with van der Waals surface area (Å²) in [6.07, 6.45) is 0. The fraction of sp³-hybridized carbons (Fsp3) is 0.125. The second-order valence-corrected chi connectivity index (χ2v) is 6.93. The monoisotopic (exact) mass is 501 g/mol. The Hall–Kier alpha value is -1.81. The van der Waals surface area contributed by atoms with E-state index in [2.05, 4.69) is 48.7 Å². The van der Waals surface area contributed by atoms with Gasteiger partial charge in [0, 0.05) is 10.0 Å². The van der Waals surface area contributed by atoms with Crippen LogP contribution in [0.5, 0.6) is 11.5 Å². The maximum absolute atomic E-state index is 5.95. The van der Waals surface area contributed by atoms with E-state index in [1.54, 1.807) is 13.2 Å². The Morgan fingerprint density at radius 2 is 2.08 bits per heavy atom. The molecular weight excluding hydrogens is 489 g/mol. The molecule has 0 atom stereocenters. The van der Waals surface area contributed by atoms with Gasteiger partial charge in [-0.2, -0.15) is 0 Å². The van der Waals surface area contributed by atoms with Crippen molar-refractivity contribution in [3.63, 3.8) is 0 Å². The van der Waals surface area contributed by atoms with E-state index in [0.717, 1.165) is 19.2 Å². The largest absolute Gasteiger partial charge is 0.493 e. The van der Waals surface area contributed by atoms with E-state index in [4.69, 9.17) is 19.6 Å². The van der Waals surface area contributed by atoms with E-state index < -0.39 is 0 Å². The minimum absolute atomic E-state index is 0.0222. The Balaban J connectivity index is 1.87. The molecule has 0 aliphatic carbocycles. The third-order valence-corrected chi connectivity index (χ3v) is 4.48. The van der Waals surface area contributed by atoms with Gasteiger partial charge in [0.15, 0.2) is 11.5 Å². The van der Waals surface area contributed by atoms with Crippen molar-refractivity contribution in [3.8, 4) is 23.0 Å². The second kappa shape index (κ2) is 7.39. The van der Waals surface area contributed by atoms with Gasteiger partial charge < -0.3 is 19.6 Å². The lowest BCUT2D eigenvalue weighted by atomic mass is 10.2. The number of nitrogen functional groups attached to an aromatic ring is 1. The fourth-order valence-corrected chi connectivity index (χ4v) is 3.32. The van der Waals surface area contributed by atoms with Gasteiger partial charge in [-0.25, -0.2) is 0 Å². The standard InChI is InChI=1S/C16H13BrIN3O3/c1-22-13-7-10(15-20-21-16(19)24-15)6-12(18)14(13)23-8-9-3-2-4-11(17)5-9/h2-7H,8H2,1H3,(H2,19,21). The van der Waals surface area contributed by atoms with Crippen LogP contribution in [0.3, 0.4) is 0 Å². The highest BCUT2D eigenvalue weighted by Crippen LogP contribution is 2.37. The fourth-order valence-electron chi connectivity index (χ4n) is 2.12. The first-order valence-corrected chi connectivity index (χ1v) is 8.78. The molecule has 0 fully saturated rings. The zero-order valence-corrected chi connectivity index (χ0v) is 16.4. The van der Waals surface area contributed by atoms with Crippen molar-refractivity contribution in [3.05, 3.63) is 50.0 Å². The number of nitrogens with two attached hydrogens (primary N) is 1. The number of hydrogen-bond donors (Lipinski definition) is 1. The lowest BCUT2D eigenvalue weighted by Gasteiger charge is -2.14. The predicted octanol–water partition coefficient (Wildman–Crippen LogP) is 4.27. The summed E-state index contributed by atoms with van der Waals surface area (Å²) in [7, 11) is 1.59. The van der Waals surface area contributed by atoms with Gasteiger partial charge >= 0.3 is 6.01 Å². The summed E-state index contributed by atoms with van der Waals surface area (Å²) in [6.45, 7) is 0.429. The molecule has 24 heavy (non-hydrogen) atoms. The van der Waals surface area contributed by atoms with Crippen LogP contribution in [-0.4, -0.2) is 17.3 Å². The van der Waals surface area contributed by atoms with Crippen LogP contribution in [0, 0.1) is 3.57 Å². The van der Waals surface area contributed by atoms with Crippen molar-refractivity contribution in [1.82, 2.24) is 10.2 Å². The molecular formula is C16H13BrIN3O3. The van der Waals surface area contributed by atoms with Crippen LogP contribution < -0.4 is 15.2 Å². The average Bonchev–Trinajstić information content (AvgIpc) is 2.99. The number of anilines is 1. The first-order chi connectivity index (χ1) is 11.6. The zero-order valence-electron chi connectivity index (χ0n) is 12.6. The molecule has 2 aromatic carbocycles. The average molecular weight is 502 g/mol. The Bertz CT molecular complexity index is 870. The van der Waals surface area contributed by atoms with Crippen molar-refractivity contribution in [2.24, 2.45) is 0 Å². The molecule has 1 aromatic heterocycles. The van der Waals surface area contributed by atoms with Gasteiger partial charge in [-0.05, 0) is 52.4 Å². The van der Waals surface area contributed by atoms with Crippen LogP contribution in [-0.2, 0) is 6.61 Å². The van der Waals surface area contributed by atoms with Gasteiger partial charge in [0.2, 0.25) is 5.89 Å². The molecule has 0 bridgehead atoms. The number of halogens is 2. The third-order valence-electron chi connectivity index (χ3n) is 3.19. The quantitative estimate of drug-likeness (QED) is 0.525. The van der Waals surface area contributed by atoms with Crippen molar-refractivity contribution in [2.75, 3.05) is 12.8 Å². The van der Waals surface area contributed by atoms with Crippen LogP contribution in [0.1, 0.15) is 5.56 Å². The van der Waals surface area contributed by atoms with Gasteiger partial charge in [-0.3, -0.25) is 0 Å². The van der Waals surface area contributed by atoms with Crippen LogP contribution in [0.4, 0.5) is 6.01 Å². The van der Waals surface area contributed by atoms with E-state index in [9.17, 15) is 0 Å². The minimum atomic E-state index is 0.0222. The highest BCUT2D eigenvalue weighted by atomic mass is 127. The van der Waals surface area contributed by atoms with E-state index in [1.165, 1.54) is 0 Å². The van der Waals surface area contributed by atoms with Crippen molar-refractivity contribution >= 4 is 44.5 Å². The molecule has 124 valence electrons. The molecule has 0 spiro atoms. The predicted molar refractivity (Wildman–Crippen MR) is 102 cm³/mol. The molecule has 6 nitrogen and oxygen atoms in total. The zero-order chi connectivity index (χ0) is 17.1. The summed E-state index contributed by atoms with van der Waals surface area (Å²) < 4.78 is 18.5. The number of aromatic nitrogens is 2. The third kappa shape index (κ3) is 3.81. The molecule has 8 heteroatoms. The van der Waals surface area contributed by atoms with Crippen molar-refractivity contribution in [2.45, 2.75) is 6.61 Å². The van der Waals surface area contributed by atoms with Crippen molar-refractivity contribution in [1.29, 1.82) is 0 Å². The molecule has 0 unspecified atom stereocenters. The summed E-state index contributed by atoms with van der Waals surface area (Å²) in [5.74, 6) is 1.58. The van der Waals surface area contributed by atoms with Gasteiger partial charge in [0.1, 0.15) is 6.61 Å². The summed E-state index contributed by atoms with van der Waals surface area (Å²) in [5, 5.41) is 7.56. The number of rotatable bonds is 5. The smallest absolute Gasteiger partial charge is 0.313 e. The summed E-state index contributed by atoms with van der Waals surface area (Å²) in [5.41, 5.74) is 7.25. The Kier molecular flexibility index (Phi) is 5.24. The van der Waals surface area contributed by atoms with Gasteiger partial charge in [0.25, 0.3) is 0 Å². The van der Waals surface area contributed by atoms with Gasteiger partial charge in [0.05, 0.1) is 10.7 Å². The minimum Gasteiger partial charge on any atom is -0.493 e. The highest BCUT2D eigenvalue weighted by Gasteiger charge is 2.16. The summed E-state index contributed by atoms with van der Waals surface area (Å²) in [4.78, 5) is 0. The topological polar surface area (TPSA) is 83.4 Å². The molecule has 0 saturated carbocycles. The molecule has 0 aliphatic heterocycles. The second-order valence-electron chi connectivity index (χ2n) is 4.85. The Morgan fingerprint density at radius 1 is 1.25 bits per heavy atom. The summed E-state index contributed by atoms with van der Waals surface area (Å²) in [6, 6.07) is 11.6. The molecule has 0 radical (unpaired) electrons. The molecule has 0 aliphatic rings. The van der Waals surface area contributed by atoms with E-state index in [-0.39, 0.29) is 6.01 Å². The molecule has 2 N–H and O–H groups in total. The summed E-state index contributed by atoms with van der Waals surface area (Å²) >= 11 is 5.64. The van der Waals surface area contributed by atoms with Gasteiger partial charge in [-0.15, -0.1) is 5.10 Å². The number of nitrogens with zero attached hydrogens (tertiary/aromatic N) is 2. The molecule has 1 heterocycles. The first kappa shape index (κ1) is 17.0. The molecule has 0 saturated heterocycles. The number of benzene rings is 2.